The predicted molar refractivity (Wildman–Crippen MR) is 77.6 cm³/mol. The molecule has 1 aliphatic heterocycles. The van der Waals surface area contributed by atoms with Crippen molar-refractivity contribution in [3.63, 3.8) is 0 Å². The van der Waals surface area contributed by atoms with Gasteiger partial charge in [0.05, 0.1) is 5.92 Å². The van der Waals surface area contributed by atoms with Gasteiger partial charge in [-0.25, -0.2) is 8.78 Å². The van der Waals surface area contributed by atoms with E-state index in [0.29, 0.717) is 18.7 Å². The Morgan fingerprint density at radius 2 is 1.90 bits per heavy atom. The largest absolute Gasteiger partial charge is 0.351 e. The van der Waals surface area contributed by atoms with Gasteiger partial charge in [-0.05, 0) is 51.4 Å². The summed E-state index contributed by atoms with van der Waals surface area (Å²) < 4.78 is 26.3. The fourth-order valence-corrected chi connectivity index (χ4v) is 2.62. The van der Waals surface area contributed by atoms with Crippen molar-refractivity contribution in [1.29, 1.82) is 0 Å². The van der Waals surface area contributed by atoms with Crippen LogP contribution in [0.25, 0.3) is 0 Å². The van der Waals surface area contributed by atoms with Gasteiger partial charge in [-0.1, -0.05) is 0 Å². The lowest BCUT2D eigenvalue weighted by Gasteiger charge is -2.23. The molecule has 1 atom stereocenters. The first-order chi connectivity index (χ1) is 9.73. The van der Waals surface area contributed by atoms with Crippen molar-refractivity contribution in [2.75, 3.05) is 13.1 Å². The van der Waals surface area contributed by atoms with Crippen LogP contribution >= 0.6 is 0 Å². The Morgan fingerprint density at radius 1 is 1.29 bits per heavy atom. The van der Waals surface area contributed by atoms with Gasteiger partial charge in [0.25, 0.3) is 0 Å². The standard InChI is InChI=1S/C16H22F2N2O/c1-16(2,3)19-15(21)12-4-5-20(10-12)9-11-6-13(17)8-14(18)7-11/h6-8,12H,4-5,9-10H2,1-3H3,(H,19,21). The number of rotatable bonds is 3. The van der Waals surface area contributed by atoms with Crippen LogP contribution in [0.4, 0.5) is 8.78 Å². The third-order valence-electron chi connectivity index (χ3n) is 3.47. The summed E-state index contributed by atoms with van der Waals surface area (Å²) in [6, 6.07) is 3.55. The summed E-state index contributed by atoms with van der Waals surface area (Å²) in [5.74, 6) is -1.13. The summed E-state index contributed by atoms with van der Waals surface area (Å²) in [7, 11) is 0. The van der Waals surface area contributed by atoms with Gasteiger partial charge >= 0.3 is 0 Å². The third kappa shape index (κ3) is 4.77. The van der Waals surface area contributed by atoms with Crippen LogP contribution in [0.3, 0.4) is 0 Å². The Morgan fingerprint density at radius 3 is 2.48 bits per heavy atom. The van der Waals surface area contributed by atoms with Crippen LogP contribution in [-0.4, -0.2) is 29.4 Å². The number of halogens is 2. The Labute approximate surface area is 124 Å². The highest BCUT2D eigenvalue weighted by atomic mass is 19.1. The lowest BCUT2D eigenvalue weighted by molar-refractivity contribution is -0.126. The number of nitrogens with zero attached hydrogens (tertiary/aromatic N) is 1. The first-order valence-electron chi connectivity index (χ1n) is 7.22. The smallest absolute Gasteiger partial charge is 0.224 e. The van der Waals surface area contributed by atoms with Crippen LogP contribution < -0.4 is 5.32 Å². The fourth-order valence-electron chi connectivity index (χ4n) is 2.62. The van der Waals surface area contributed by atoms with Crippen LogP contribution in [0.2, 0.25) is 0 Å². The zero-order valence-electron chi connectivity index (χ0n) is 12.7. The van der Waals surface area contributed by atoms with E-state index in [9.17, 15) is 13.6 Å². The molecule has 1 amide bonds. The maximum absolute atomic E-state index is 13.2. The van der Waals surface area contributed by atoms with Gasteiger partial charge in [-0.15, -0.1) is 0 Å². The van der Waals surface area contributed by atoms with E-state index in [2.05, 4.69) is 10.2 Å². The molecule has 21 heavy (non-hydrogen) atoms. The third-order valence-corrected chi connectivity index (χ3v) is 3.47. The molecular formula is C16H22F2N2O. The predicted octanol–water partition coefficient (Wildman–Crippen LogP) is 2.70. The lowest BCUT2D eigenvalue weighted by Crippen LogP contribution is -2.44. The minimum Gasteiger partial charge on any atom is -0.351 e. The monoisotopic (exact) mass is 296 g/mol. The van der Waals surface area contributed by atoms with E-state index >= 15 is 0 Å². The van der Waals surface area contributed by atoms with E-state index in [1.165, 1.54) is 12.1 Å². The van der Waals surface area contributed by atoms with Crippen LogP contribution in [0.5, 0.6) is 0 Å². The van der Waals surface area contributed by atoms with Crippen molar-refractivity contribution in [2.45, 2.75) is 39.3 Å². The molecule has 0 saturated carbocycles. The summed E-state index contributed by atoms with van der Waals surface area (Å²) in [5, 5.41) is 2.98. The maximum atomic E-state index is 13.2. The normalized spacial score (nSPS) is 19.8. The summed E-state index contributed by atoms with van der Waals surface area (Å²) >= 11 is 0. The molecule has 1 saturated heterocycles. The van der Waals surface area contributed by atoms with Crippen LogP contribution in [0.15, 0.2) is 18.2 Å². The van der Waals surface area contributed by atoms with Gasteiger partial charge in [0.2, 0.25) is 5.91 Å². The molecule has 0 aromatic heterocycles. The number of hydrogen-bond acceptors (Lipinski definition) is 2. The average Bonchev–Trinajstić information content (AvgIpc) is 2.73. The molecule has 0 spiro atoms. The van der Waals surface area contributed by atoms with E-state index in [1.54, 1.807) is 0 Å². The number of hydrogen-bond donors (Lipinski definition) is 1. The topological polar surface area (TPSA) is 32.3 Å². The van der Waals surface area contributed by atoms with Gasteiger partial charge < -0.3 is 5.32 Å². The van der Waals surface area contributed by atoms with E-state index < -0.39 is 11.6 Å². The molecular weight excluding hydrogens is 274 g/mol. The molecule has 0 bridgehead atoms. The summed E-state index contributed by atoms with van der Waals surface area (Å²) in [6.45, 7) is 7.71. The van der Waals surface area contributed by atoms with Crippen molar-refractivity contribution < 1.29 is 13.6 Å². The second-order valence-corrected chi connectivity index (χ2v) is 6.74. The van der Waals surface area contributed by atoms with Gasteiger partial charge in [0, 0.05) is 24.7 Å². The number of benzene rings is 1. The van der Waals surface area contributed by atoms with E-state index in [0.717, 1.165) is 19.0 Å². The SMILES string of the molecule is CC(C)(C)NC(=O)C1CCN(Cc2cc(F)cc(F)c2)C1. The zero-order chi connectivity index (χ0) is 15.6. The Balaban J connectivity index is 1.92. The number of carbonyl (C=O) groups is 1. The van der Waals surface area contributed by atoms with Gasteiger partial charge in [0.15, 0.2) is 0 Å². The molecule has 1 fully saturated rings. The quantitative estimate of drug-likeness (QED) is 0.930. The molecule has 0 radical (unpaired) electrons. The minimum absolute atomic E-state index is 0.0513. The molecule has 1 heterocycles. The fraction of sp³-hybridized carbons (Fsp3) is 0.562. The lowest BCUT2D eigenvalue weighted by atomic mass is 10.0. The molecule has 1 unspecified atom stereocenters. The van der Waals surface area contributed by atoms with Crippen LogP contribution in [-0.2, 0) is 11.3 Å². The summed E-state index contributed by atoms with van der Waals surface area (Å²) in [4.78, 5) is 14.2. The van der Waals surface area contributed by atoms with Crippen molar-refractivity contribution in [3.8, 4) is 0 Å². The molecule has 1 aliphatic rings. The minimum atomic E-state index is -0.564. The number of carbonyl (C=O) groups excluding carboxylic acids is 1. The molecule has 116 valence electrons. The Bertz CT molecular complexity index is 505. The van der Waals surface area contributed by atoms with Crippen LogP contribution in [0.1, 0.15) is 32.8 Å². The van der Waals surface area contributed by atoms with Crippen molar-refractivity contribution in [1.82, 2.24) is 10.2 Å². The van der Waals surface area contributed by atoms with E-state index in [4.69, 9.17) is 0 Å². The molecule has 1 N–H and O–H groups in total. The van der Waals surface area contributed by atoms with Crippen LogP contribution in [0, 0.1) is 17.6 Å². The van der Waals surface area contributed by atoms with Gasteiger partial charge in [-0.2, -0.15) is 0 Å². The molecule has 2 rings (SSSR count). The Kier molecular flexibility index (Phi) is 4.61. The molecule has 1 aromatic rings. The first kappa shape index (κ1) is 15.9. The van der Waals surface area contributed by atoms with Gasteiger partial charge in [-0.3, -0.25) is 9.69 Å². The first-order valence-corrected chi connectivity index (χ1v) is 7.22. The van der Waals surface area contributed by atoms with E-state index in [-0.39, 0.29) is 17.4 Å². The second-order valence-electron chi connectivity index (χ2n) is 6.74. The van der Waals surface area contributed by atoms with E-state index in [1.807, 2.05) is 20.8 Å². The van der Waals surface area contributed by atoms with Gasteiger partial charge in [0.1, 0.15) is 11.6 Å². The maximum Gasteiger partial charge on any atom is 0.224 e. The van der Waals surface area contributed by atoms with Crippen molar-refractivity contribution in [2.24, 2.45) is 5.92 Å². The summed E-state index contributed by atoms with van der Waals surface area (Å²) in [6.07, 6.45) is 0.777. The van der Waals surface area contributed by atoms with Crippen molar-refractivity contribution >= 4 is 5.91 Å². The summed E-state index contributed by atoms with van der Waals surface area (Å²) in [5.41, 5.74) is 0.361. The van der Waals surface area contributed by atoms with Crippen molar-refractivity contribution in [3.05, 3.63) is 35.4 Å². The Hall–Kier alpha value is -1.49. The highest BCUT2D eigenvalue weighted by Crippen LogP contribution is 2.20. The molecule has 5 heteroatoms. The highest BCUT2D eigenvalue weighted by Gasteiger charge is 2.30. The number of nitrogens with one attached hydrogen (secondary N) is 1. The molecule has 1 aromatic carbocycles. The number of likely N-dealkylation sites (tertiary alicyclic amines) is 1. The molecule has 0 aliphatic carbocycles. The highest BCUT2D eigenvalue weighted by molar-refractivity contribution is 5.79. The average molecular weight is 296 g/mol. The number of amides is 1. The second kappa shape index (κ2) is 6.10. The zero-order valence-corrected chi connectivity index (χ0v) is 12.7. The molecule has 3 nitrogen and oxygen atoms in total.